The molecule has 2 heterocycles. The van der Waals surface area contributed by atoms with Crippen molar-refractivity contribution in [3.63, 3.8) is 0 Å². The molecule has 3 nitrogen and oxygen atoms in total. The molecule has 0 aliphatic carbocycles. The summed E-state index contributed by atoms with van der Waals surface area (Å²) in [6.45, 7) is 11.0. The third-order valence-electron chi connectivity index (χ3n) is 3.06. The van der Waals surface area contributed by atoms with Crippen LogP contribution in [-0.2, 0) is 5.41 Å². The number of aryl methyl sites for hydroxylation is 1. The Kier molecular flexibility index (Phi) is 2.59. The average molecular weight is 207 g/mol. The summed E-state index contributed by atoms with van der Waals surface area (Å²) in [5.74, 6) is 1.75. The second-order valence-corrected chi connectivity index (χ2v) is 5.54. The molecule has 0 spiro atoms. The van der Waals surface area contributed by atoms with Crippen molar-refractivity contribution in [2.45, 2.75) is 45.4 Å². The van der Waals surface area contributed by atoms with Gasteiger partial charge in [-0.1, -0.05) is 20.8 Å². The van der Waals surface area contributed by atoms with Crippen molar-refractivity contribution < 1.29 is 0 Å². The first kappa shape index (κ1) is 10.7. The fourth-order valence-electron chi connectivity index (χ4n) is 2.30. The van der Waals surface area contributed by atoms with Crippen LogP contribution < -0.4 is 5.32 Å². The molecule has 1 aliphatic rings. The first-order chi connectivity index (χ1) is 6.98. The van der Waals surface area contributed by atoms with Crippen molar-refractivity contribution in [1.82, 2.24) is 15.3 Å². The minimum atomic E-state index is 0.144. The van der Waals surface area contributed by atoms with Crippen LogP contribution in [-0.4, -0.2) is 23.1 Å². The van der Waals surface area contributed by atoms with Gasteiger partial charge in [0.1, 0.15) is 5.82 Å². The van der Waals surface area contributed by atoms with Gasteiger partial charge in [0.15, 0.2) is 0 Å². The number of nitrogens with zero attached hydrogens (tertiary/aromatic N) is 1. The summed E-state index contributed by atoms with van der Waals surface area (Å²) < 4.78 is 0. The number of aromatic nitrogens is 2. The smallest absolute Gasteiger partial charge is 0.111 e. The predicted octanol–water partition coefficient (Wildman–Crippen LogP) is 2.09. The average Bonchev–Trinajstić information content (AvgIpc) is 2.68. The predicted molar refractivity (Wildman–Crippen MR) is 62.3 cm³/mol. The maximum Gasteiger partial charge on any atom is 0.111 e. The quantitative estimate of drug-likeness (QED) is 0.740. The van der Waals surface area contributed by atoms with Crippen LogP contribution in [0.15, 0.2) is 0 Å². The van der Waals surface area contributed by atoms with Crippen molar-refractivity contribution in [3.05, 3.63) is 17.2 Å². The van der Waals surface area contributed by atoms with E-state index in [0.717, 1.165) is 13.1 Å². The number of hydrogen-bond donors (Lipinski definition) is 2. The SMILES string of the molecule is Cc1[nH]c(C2CCNC2)nc1C(C)(C)C. The number of hydrogen-bond acceptors (Lipinski definition) is 2. The molecule has 1 aromatic rings. The number of imidazole rings is 1. The molecule has 0 amide bonds. The fourth-order valence-corrected chi connectivity index (χ4v) is 2.30. The van der Waals surface area contributed by atoms with Gasteiger partial charge in [-0.25, -0.2) is 4.98 Å². The van der Waals surface area contributed by atoms with Gasteiger partial charge in [-0.2, -0.15) is 0 Å². The Hall–Kier alpha value is -0.830. The van der Waals surface area contributed by atoms with Gasteiger partial charge in [0, 0.05) is 23.6 Å². The summed E-state index contributed by atoms with van der Waals surface area (Å²) in [7, 11) is 0. The molecule has 1 atom stereocenters. The molecular formula is C12H21N3. The van der Waals surface area contributed by atoms with E-state index in [0.29, 0.717) is 5.92 Å². The summed E-state index contributed by atoms with van der Waals surface area (Å²) >= 11 is 0. The molecule has 0 bridgehead atoms. The summed E-state index contributed by atoms with van der Waals surface area (Å²) in [5, 5.41) is 3.38. The Morgan fingerprint density at radius 1 is 1.33 bits per heavy atom. The first-order valence-electron chi connectivity index (χ1n) is 5.76. The summed E-state index contributed by atoms with van der Waals surface area (Å²) in [5.41, 5.74) is 2.58. The summed E-state index contributed by atoms with van der Waals surface area (Å²) in [4.78, 5) is 8.21. The third-order valence-corrected chi connectivity index (χ3v) is 3.06. The van der Waals surface area contributed by atoms with Gasteiger partial charge < -0.3 is 10.3 Å². The molecule has 0 aromatic carbocycles. The molecule has 1 aliphatic heterocycles. The van der Waals surface area contributed by atoms with E-state index in [1.54, 1.807) is 0 Å². The lowest BCUT2D eigenvalue weighted by Crippen LogP contribution is -2.13. The van der Waals surface area contributed by atoms with E-state index in [2.05, 4.69) is 38.0 Å². The van der Waals surface area contributed by atoms with Gasteiger partial charge in [-0.15, -0.1) is 0 Å². The number of rotatable bonds is 1. The molecule has 1 saturated heterocycles. The van der Waals surface area contributed by atoms with E-state index in [-0.39, 0.29) is 5.41 Å². The Labute approximate surface area is 91.7 Å². The standard InChI is InChI=1S/C12H21N3/c1-8-10(12(2,3)4)15-11(14-8)9-5-6-13-7-9/h9,13H,5-7H2,1-4H3,(H,14,15). The normalized spacial score (nSPS) is 22.3. The second-order valence-electron chi connectivity index (χ2n) is 5.54. The second kappa shape index (κ2) is 3.63. The highest BCUT2D eigenvalue weighted by atomic mass is 15.0. The Morgan fingerprint density at radius 3 is 2.53 bits per heavy atom. The van der Waals surface area contributed by atoms with Gasteiger partial charge in [-0.05, 0) is 19.9 Å². The molecule has 0 saturated carbocycles. The minimum absolute atomic E-state index is 0.144. The van der Waals surface area contributed by atoms with E-state index >= 15 is 0 Å². The lowest BCUT2D eigenvalue weighted by atomic mass is 9.91. The highest BCUT2D eigenvalue weighted by molar-refractivity contribution is 5.22. The molecule has 15 heavy (non-hydrogen) atoms. The van der Waals surface area contributed by atoms with E-state index in [1.165, 1.54) is 23.6 Å². The Bertz CT molecular complexity index is 340. The highest BCUT2D eigenvalue weighted by Crippen LogP contribution is 2.27. The van der Waals surface area contributed by atoms with Gasteiger partial charge in [0.05, 0.1) is 5.69 Å². The molecule has 1 aromatic heterocycles. The molecule has 3 heteroatoms. The number of nitrogens with one attached hydrogen (secondary N) is 2. The number of H-pyrrole nitrogens is 1. The van der Waals surface area contributed by atoms with Crippen molar-refractivity contribution in [1.29, 1.82) is 0 Å². The Morgan fingerprint density at radius 2 is 2.07 bits per heavy atom. The minimum Gasteiger partial charge on any atom is -0.346 e. The largest absolute Gasteiger partial charge is 0.346 e. The lowest BCUT2D eigenvalue weighted by molar-refractivity contribution is 0.564. The van der Waals surface area contributed by atoms with Crippen LogP contribution in [0.2, 0.25) is 0 Å². The molecule has 0 radical (unpaired) electrons. The van der Waals surface area contributed by atoms with Crippen LogP contribution in [0.1, 0.15) is 50.3 Å². The van der Waals surface area contributed by atoms with Crippen molar-refractivity contribution in [3.8, 4) is 0 Å². The summed E-state index contributed by atoms with van der Waals surface area (Å²) in [6, 6.07) is 0. The van der Waals surface area contributed by atoms with Crippen LogP contribution >= 0.6 is 0 Å². The van der Waals surface area contributed by atoms with Gasteiger partial charge >= 0.3 is 0 Å². The van der Waals surface area contributed by atoms with Crippen LogP contribution in [0, 0.1) is 6.92 Å². The molecule has 84 valence electrons. The van der Waals surface area contributed by atoms with Crippen molar-refractivity contribution in [2.24, 2.45) is 0 Å². The lowest BCUT2D eigenvalue weighted by Gasteiger charge is -2.16. The maximum atomic E-state index is 4.77. The molecule has 2 rings (SSSR count). The third kappa shape index (κ3) is 2.07. The van der Waals surface area contributed by atoms with E-state index in [9.17, 15) is 0 Å². The molecular weight excluding hydrogens is 186 g/mol. The van der Waals surface area contributed by atoms with Crippen LogP contribution in [0.25, 0.3) is 0 Å². The highest BCUT2D eigenvalue weighted by Gasteiger charge is 2.25. The van der Waals surface area contributed by atoms with Crippen LogP contribution in [0.5, 0.6) is 0 Å². The zero-order valence-electron chi connectivity index (χ0n) is 10.1. The van der Waals surface area contributed by atoms with Gasteiger partial charge in [-0.3, -0.25) is 0 Å². The maximum absolute atomic E-state index is 4.77. The van der Waals surface area contributed by atoms with Gasteiger partial charge in [0.2, 0.25) is 0 Å². The number of aromatic amines is 1. The zero-order valence-corrected chi connectivity index (χ0v) is 10.1. The molecule has 1 fully saturated rings. The first-order valence-corrected chi connectivity index (χ1v) is 5.76. The zero-order chi connectivity index (χ0) is 11.1. The van der Waals surface area contributed by atoms with Crippen molar-refractivity contribution in [2.75, 3.05) is 13.1 Å². The summed E-state index contributed by atoms with van der Waals surface area (Å²) in [6.07, 6.45) is 1.20. The fraction of sp³-hybridized carbons (Fsp3) is 0.750. The molecule has 1 unspecified atom stereocenters. The van der Waals surface area contributed by atoms with E-state index < -0.39 is 0 Å². The Balaban J connectivity index is 2.28. The van der Waals surface area contributed by atoms with Crippen LogP contribution in [0.4, 0.5) is 0 Å². The molecule has 2 N–H and O–H groups in total. The topological polar surface area (TPSA) is 40.7 Å². The van der Waals surface area contributed by atoms with E-state index in [4.69, 9.17) is 4.98 Å². The van der Waals surface area contributed by atoms with Crippen LogP contribution in [0.3, 0.4) is 0 Å². The van der Waals surface area contributed by atoms with Crippen molar-refractivity contribution >= 4 is 0 Å². The van der Waals surface area contributed by atoms with Gasteiger partial charge in [0.25, 0.3) is 0 Å². The van der Waals surface area contributed by atoms with E-state index in [1.807, 2.05) is 0 Å². The monoisotopic (exact) mass is 207 g/mol.